The molecule has 8 heteroatoms. The third-order valence-corrected chi connectivity index (χ3v) is 5.06. The third kappa shape index (κ3) is 4.13. The minimum absolute atomic E-state index is 0.229. The van der Waals surface area contributed by atoms with E-state index in [0.717, 1.165) is 4.31 Å². The lowest BCUT2D eigenvalue weighted by Gasteiger charge is -2.34. The summed E-state index contributed by atoms with van der Waals surface area (Å²) in [5, 5.41) is 9.02. The Morgan fingerprint density at radius 3 is 2.53 bits per heavy atom. The second-order valence-corrected chi connectivity index (χ2v) is 7.67. The number of carboxylic acids is 1. The van der Waals surface area contributed by atoms with Crippen molar-refractivity contribution in [3.8, 4) is 0 Å². The third-order valence-electron chi connectivity index (χ3n) is 2.11. The van der Waals surface area contributed by atoms with Crippen molar-refractivity contribution in [1.82, 2.24) is 9.03 Å². The standard InChI is InChI=1S/C9H18N2O4S2/c1-9(2,3)10-17(14,15)11-4-5-16-6-7(11)8(12)13/h7,10H,4-6H2,1-3H3,(H,12,13). The van der Waals surface area contributed by atoms with Gasteiger partial charge in [0.15, 0.2) is 0 Å². The highest BCUT2D eigenvalue weighted by atomic mass is 32.2. The molecule has 0 bridgehead atoms. The van der Waals surface area contributed by atoms with Crippen molar-refractivity contribution >= 4 is 27.9 Å². The molecule has 1 atom stereocenters. The van der Waals surface area contributed by atoms with Crippen LogP contribution in [0.5, 0.6) is 0 Å². The summed E-state index contributed by atoms with van der Waals surface area (Å²) in [7, 11) is -3.75. The summed E-state index contributed by atoms with van der Waals surface area (Å²) in [6.45, 7) is 5.39. The highest BCUT2D eigenvalue weighted by Crippen LogP contribution is 2.20. The number of nitrogens with one attached hydrogen (secondary N) is 1. The number of carbonyl (C=O) groups is 1. The minimum atomic E-state index is -3.75. The van der Waals surface area contributed by atoms with Crippen molar-refractivity contribution in [2.75, 3.05) is 18.1 Å². The van der Waals surface area contributed by atoms with E-state index in [1.165, 1.54) is 11.8 Å². The van der Waals surface area contributed by atoms with Crippen LogP contribution in [0.25, 0.3) is 0 Å². The van der Waals surface area contributed by atoms with Crippen molar-refractivity contribution in [3.63, 3.8) is 0 Å². The van der Waals surface area contributed by atoms with Gasteiger partial charge in [-0.25, -0.2) is 0 Å². The zero-order valence-electron chi connectivity index (χ0n) is 10.1. The van der Waals surface area contributed by atoms with Crippen LogP contribution in [0.2, 0.25) is 0 Å². The van der Waals surface area contributed by atoms with Crippen LogP contribution in [-0.2, 0) is 15.0 Å². The van der Waals surface area contributed by atoms with E-state index in [0.29, 0.717) is 11.5 Å². The summed E-state index contributed by atoms with van der Waals surface area (Å²) in [6, 6.07) is -0.978. The van der Waals surface area contributed by atoms with Crippen molar-refractivity contribution < 1.29 is 18.3 Å². The molecular weight excluding hydrogens is 264 g/mol. The summed E-state index contributed by atoms with van der Waals surface area (Å²) in [6.07, 6.45) is 0. The van der Waals surface area contributed by atoms with Gasteiger partial charge in [0.1, 0.15) is 6.04 Å². The first-order chi connectivity index (χ1) is 7.63. The van der Waals surface area contributed by atoms with E-state index >= 15 is 0 Å². The van der Waals surface area contributed by atoms with Crippen molar-refractivity contribution in [3.05, 3.63) is 0 Å². The van der Waals surface area contributed by atoms with Crippen LogP contribution in [0.4, 0.5) is 0 Å². The van der Waals surface area contributed by atoms with E-state index in [1.807, 2.05) is 0 Å². The Hall–Kier alpha value is -0.310. The molecule has 1 fully saturated rings. The number of nitrogens with zero attached hydrogens (tertiary/aromatic N) is 1. The lowest BCUT2D eigenvalue weighted by atomic mass is 10.1. The fourth-order valence-electron chi connectivity index (χ4n) is 1.52. The molecule has 0 aromatic rings. The normalized spacial score (nSPS) is 23.6. The van der Waals surface area contributed by atoms with Gasteiger partial charge in [-0.05, 0) is 20.8 Å². The van der Waals surface area contributed by atoms with Gasteiger partial charge in [0.05, 0.1) is 0 Å². The number of carboxylic acid groups (broad SMARTS) is 1. The van der Waals surface area contributed by atoms with Gasteiger partial charge >= 0.3 is 5.97 Å². The fourth-order valence-corrected chi connectivity index (χ4v) is 4.49. The average Bonchev–Trinajstić information content (AvgIpc) is 2.14. The summed E-state index contributed by atoms with van der Waals surface area (Å²) in [5.41, 5.74) is -0.619. The Morgan fingerprint density at radius 2 is 2.06 bits per heavy atom. The zero-order chi connectivity index (χ0) is 13.3. The Morgan fingerprint density at radius 1 is 1.47 bits per heavy atom. The van der Waals surface area contributed by atoms with Gasteiger partial charge in [-0.2, -0.15) is 29.2 Å². The van der Waals surface area contributed by atoms with E-state index < -0.39 is 27.8 Å². The maximum atomic E-state index is 12.1. The smallest absolute Gasteiger partial charge is 0.322 e. The Bertz CT molecular complexity index is 388. The molecule has 1 unspecified atom stereocenters. The first-order valence-electron chi connectivity index (χ1n) is 5.25. The second-order valence-electron chi connectivity index (χ2n) is 4.90. The Labute approximate surface area is 106 Å². The molecule has 0 saturated carbocycles. The van der Waals surface area contributed by atoms with Crippen LogP contribution < -0.4 is 4.72 Å². The lowest BCUT2D eigenvalue weighted by molar-refractivity contribution is -0.140. The molecule has 1 heterocycles. The highest BCUT2D eigenvalue weighted by molar-refractivity contribution is 7.99. The predicted molar refractivity (Wildman–Crippen MR) is 67.3 cm³/mol. The molecule has 1 rings (SSSR count). The van der Waals surface area contributed by atoms with Gasteiger partial charge in [0.2, 0.25) is 0 Å². The molecule has 6 nitrogen and oxygen atoms in total. The van der Waals surface area contributed by atoms with E-state index in [1.54, 1.807) is 20.8 Å². The van der Waals surface area contributed by atoms with Crippen LogP contribution in [0.3, 0.4) is 0 Å². The topological polar surface area (TPSA) is 86.7 Å². The molecule has 0 amide bonds. The zero-order valence-corrected chi connectivity index (χ0v) is 11.8. The molecule has 1 aliphatic rings. The van der Waals surface area contributed by atoms with Crippen LogP contribution in [0.15, 0.2) is 0 Å². The summed E-state index contributed by atoms with van der Waals surface area (Å²) < 4.78 is 27.6. The van der Waals surface area contributed by atoms with Gasteiger partial charge in [-0.3, -0.25) is 4.79 Å². The van der Waals surface area contributed by atoms with Gasteiger partial charge < -0.3 is 5.11 Å². The van der Waals surface area contributed by atoms with Crippen LogP contribution >= 0.6 is 11.8 Å². The van der Waals surface area contributed by atoms with Gasteiger partial charge in [-0.15, -0.1) is 0 Å². The first kappa shape index (κ1) is 14.7. The van der Waals surface area contributed by atoms with Crippen LogP contribution in [0.1, 0.15) is 20.8 Å². The molecule has 2 N–H and O–H groups in total. The molecule has 0 aliphatic carbocycles. The molecule has 0 aromatic carbocycles. The molecule has 17 heavy (non-hydrogen) atoms. The predicted octanol–water partition coefficient (Wildman–Crippen LogP) is 0.121. The molecule has 1 aliphatic heterocycles. The first-order valence-corrected chi connectivity index (χ1v) is 7.84. The number of hydrogen-bond acceptors (Lipinski definition) is 4. The quantitative estimate of drug-likeness (QED) is 0.768. The molecule has 0 aromatic heterocycles. The second kappa shape index (κ2) is 5.13. The Balaban J connectivity index is 2.91. The van der Waals surface area contributed by atoms with Crippen molar-refractivity contribution in [2.45, 2.75) is 32.4 Å². The number of thioether (sulfide) groups is 1. The average molecular weight is 282 g/mol. The maximum absolute atomic E-state index is 12.1. The summed E-state index contributed by atoms with van der Waals surface area (Å²) in [4.78, 5) is 11.0. The number of rotatable bonds is 3. The van der Waals surface area contributed by atoms with E-state index in [9.17, 15) is 13.2 Å². The van der Waals surface area contributed by atoms with Crippen molar-refractivity contribution in [2.24, 2.45) is 0 Å². The SMILES string of the molecule is CC(C)(C)NS(=O)(=O)N1CCSCC1C(=O)O. The van der Waals surface area contributed by atoms with Crippen LogP contribution in [0, 0.1) is 0 Å². The Kier molecular flexibility index (Phi) is 4.45. The highest BCUT2D eigenvalue weighted by Gasteiger charge is 2.38. The molecule has 0 radical (unpaired) electrons. The number of hydrogen-bond donors (Lipinski definition) is 2. The molecule has 100 valence electrons. The van der Waals surface area contributed by atoms with Gasteiger partial charge in [0, 0.05) is 23.6 Å². The summed E-state index contributed by atoms with van der Waals surface area (Å²) in [5.74, 6) is -0.189. The summed E-state index contributed by atoms with van der Waals surface area (Å²) >= 11 is 1.45. The van der Waals surface area contributed by atoms with Crippen molar-refractivity contribution in [1.29, 1.82) is 0 Å². The molecular formula is C9H18N2O4S2. The van der Waals surface area contributed by atoms with Gasteiger partial charge in [-0.1, -0.05) is 0 Å². The van der Waals surface area contributed by atoms with Crippen LogP contribution in [-0.4, -0.2) is 53.4 Å². The van der Waals surface area contributed by atoms with E-state index in [2.05, 4.69) is 4.72 Å². The lowest BCUT2D eigenvalue weighted by Crippen LogP contribution is -2.57. The number of aliphatic carboxylic acids is 1. The van der Waals surface area contributed by atoms with E-state index in [4.69, 9.17) is 5.11 Å². The molecule has 0 spiro atoms. The molecule has 1 saturated heterocycles. The fraction of sp³-hybridized carbons (Fsp3) is 0.889. The largest absolute Gasteiger partial charge is 0.480 e. The minimum Gasteiger partial charge on any atom is -0.480 e. The van der Waals surface area contributed by atoms with E-state index in [-0.39, 0.29) is 6.54 Å². The maximum Gasteiger partial charge on any atom is 0.322 e. The van der Waals surface area contributed by atoms with Gasteiger partial charge in [0.25, 0.3) is 10.2 Å². The monoisotopic (exact) mass is 282 g/mol.